The van der Waals surface area contributed by atoms with E-state index in [0.717, 1.165) is 6.07 Å². The molecule has 30 heavy (non-hydrogen) atoms. The highest BCUT2D eigenvalue weighted by atomic mass is 32.2. The quantitative estimate of drug-likeness (QED) is 0.754. The van der Waals surface area contributed by atoms with Gasteiger partial charge in [0.2, 0.25) is 0 Å². The molecule has 0 bridgehead atoms. The van der Waals surface area contributed by atoms with Gasteiger partial charge in [-0.2, -0.15) is 13.2 Å². The van der Waals surface area contributed by atoms with Crippen LogP contribution in [-0.4, -0.2) is 36.8 Å². The van der Waals surface area contributed by atoms with Crippen LogP contribution in [0.2, 0.25) is 0 Å². The lowest BCUT2D eigenvalue weighted by atomic mass is 9.97. The van der Waals surface area contributed by atoms with Gasteiger partial charge in [0, 0.05) is 13.0 Å². The molecule has 1 fully saturated rings. The van der Waals surface area contributed by atoms with Gasteiger partial charge in [-0.05, 0) is 30.5 Å². The molecule has 2 aromatic rings. The number of halogens is 3. The third-order valence-electron chi connectivity index (χ3n) is 4.64. The second kappa shape index (κ2) is 7.54. The predicted molar refractivity (Wildman–Crippen MR) is 100 cm³/mol. The van der Waals surface area contributed by atoms with Gasteiger partial charge in [-0.3, -0.25) is 9.59 Å². The molecule has 1 aliphatic heterocycles. The first kappa shape index (κ1) is 22.0. The zero-order chi connectivity index (χ0) is 22.4. The van der Waals surface area contributed by atoms with Crippen LogP contribution in [0.1, 0.15) is 43.4 Å². The Bertz CT molecular complexity index is 1230. The lowest BCUT2D eigenvalue weighted by molar-refractivity contribution is -0.139. The van der Waals surface area contributed by atoms with E-state index >= 15 is 0 Å². The Kier molecular flexibility index (Phi) is 5.54. The number of rotatable bonds is 4. The molecule has 1 aromatic carbocycles. The standard InChI is InChI=1S/C17H18F3N3O6S/c1-3-14(24)23(30(2,27)28)22-15(25)10-7-9(13-5-4-6-29-13)11(17(18,19)20)8-12(10)21-16(22)26/h7-8,13H,3-6H2,1-2H3,(H,21,26). The zero-order valence-electron chi connectivity index (χ0n) is 15.9. The molecule has 3 rings (SSSR count). The van der Waals surface area contributed by atoms with Crippen LogP contribution in [-0.2, 0) is 25.7 Å². The molecule has 9 nitrogen and oxygen atoms in total. The summed E-state index contributed by atoms with van der Waals surface area (Å²) in [5.74, 6) is -1.06. The maximum absolute atomic E-state index is 13.6. The van der Waals surface area contributed by atoms with E-state index in [4.69, 9.17) is 4.74 Å². The van der Waals surface area contributed by atoms with Gasteiger partial charge in [0.05, 0.1) is 28.8 Å². The number of amides is 1. The number of nitrogens with one attached hydrogen (secondary N) is 1. The predicted octanol–water partition coefficient (Wildman–Crippen LogP) is 1.39. The fraction of sp³-hybridized carbons (Fsp3) is 0.471. The highest BCUT2D eigenvalue weighted by Crippen LogP contribution is 2.40. The number of aromatic nitrogens is 2. The summed E-state index contributed by atoms with van der Waals surface area (Å²) in [7, 11) is -4.38. The maximum atomic E-state index is 13.6. The fourth-order valence-corrected chi connectivity index (χ4v) is 4.30. The summed E-state index contributed by atoms with van der Waals surface area (Å²) in [6, 6.07) is 1.55. The summed E-state index contributed by atoms with van der Waals surface area (Å²) in [6.45, 7) is 1.58. The van der Waals surface area contributed by atoms with Crippen molar-refractivity contribution in [3.05, 3.63) is 44.1 Å². The summed E-state index contributed by atoms with van der Waals surface area (Å²) in [4.78, 5) is 39.6. The molecule has 164 valence electrons. The molecule has 1 amide bonds. The van der Waals surface area contributed by atoms with Crippen molar-refractivity contribution < 1.29 is 31.1 Å². The van der Waals surface area contributed by atoms with Crippen LogP contribution in [0, 0.1) is 0 Å². The van der Waals surface area contributed by atoms with Gasteiger partial charge in [0.1, 0.15) is 0 Å². The van der Waals surface area contributed by atoms with Gasteiger partial charge in [-0.1, -0.05) is 6.92 Å². The Morgan fingerprint density at radius 2 is 2.00 bits per heavy atom. The lowest BCUT2D eigenvalue weighted by Crippen LogP contribution is -2.55. The topological polar surface area (TPSA) is 119 Å². The van der Waals surface area contributed by atoms with Crippen molar-refractivity contribution in [3.63, 3.8) is 0 Å². The Balaban J connectivity index is 2.38. The Hall–Kier alpha value is -2.67. The van der Waals surface area contributed by atoms with E-state index < -0.39 is 50.5 Å². The number of carbonyl (C=O) groups is 1. The average Bonchev–Trinajstić information content (AvgIpc) is 3.16. The number of aromatic amines is 1. The molecule has 0 radical (unpaired) electrons. The van der Waals surface area contributed by atoms with Crippen molar-refractivity contribution in [2.75, 3.05) is 17.3 Å². The van der Waals surface area contributed by atoms with Gasteiger partial charge in [-0.25, -0.2) is 13.2 Å². The van der Waals surface area contributed by atoms with Gasteiger partial charge in [0.15, 0.2) is 0 Å². The molecule has 1 unspecified atom stereocenters. The van der Waals surface area contributed by atoms with Gasteiger partial charge in [-0.15, -0.1) is 9.09 Å². The number of carbonyl (C=O) groups excluding carboxylic acids is 1. The van der Waals surface area contributed by atoms with E-state index in [1.54, 1.807) is 0 Å². The molecule has 13 heteroatoms. The molecule has 1 saturated heterocycles. The van der Waals surface area contributed by atoms with Crippen molar-refractivity contribution in [1.29, 1.82) is 0 Å². The molecule has 1 aromatic heterocycles. The average molecular weight is 449 g/mol. The highest BCUT2D eigenvalue weighted by molar-refractivity contribution is 7.92. The second-order valence-electron chi connectivity index (χ2n) is 6.78. The van der Waals surface area contributed by atoms with Crippen LogP contribution >= 0.6 is 0 Å². The van der Waals surface area contributed by atoms with Crippen LogP contribution in [0.3, 0.4) is 0 Å². The number of H-pyrrole nitrogens is 1. The Morgan fingerprint density at radius 3 is 2.50 bits per heavy atom. The number of alkyl halides is 3. The molecule has 0 aliphatic carbocycles. The highest BCUT2D eigenvalue weighted by Gasteiger charge is 2.37. The third-order valence-corrected chi connectivity index (χ3v) is 5.64. The van der Waals surface area contributed by atoms with Crippen LogP contribution < -0.4 is 15.7 Å². The molecular weight excluding hydrogens is 431 g/mol. The second-order valence-corrected chi connectivity index (χ2v) is 8.60. The number of sulfonamides is 1. The summed E-state index contributed by atoms with van der Waals surface area (Å²) in [5, 5.41) is -0.384. The van der Waals surface area contributed by atoms with E-state index in [2.05, 4.69) is 4.98 Å². The first-order chi connectivity index (χ1) is 13.9. The minimum absolute atomic E-state index is 0.0109. The first-order valence-corrected chi connectivity index (χ1v) is 10.8. The molecule has 0 saturated carbocycles. The van der Waals surface area contributed by atoms with E-state index in [0.29, 0.717) is 25.2 Å². The van der Waals surface area contributed by atoms with Crippen molar-refractivity contribution in [1.82, 2.24) is 9.66 Å². The molecular formula is C17H18F3N3O6S. The van der Waals surface area contributed by atoms with E-state index in [1.807, 2.05) is 0 Å². The van der Waals surface area contributed by atoms with Crippen molar-refractivity contribution in [2.24, 2.45) is 0 Å². The van der Waals surface area contributed by atoms with Gasteiger partial charge < -0.3 is 9.72 Å². The lowest BCUT2D eigenvalue weighted by Gasteiger charge is -2.22. The van der Waals surface area contributed by atoms with Crippen LogP contribution in [0.25, 0.3) is 10.9 Å². The summed E-state index contributed by atoms with van der Waals surface area (Å²) in [5.41, 5.74) is -4.41. The van der Waals surface area contributed by atoms with Crippen molar-refractivity contribution >= 4 is 26.8 Å². The monoisotopic (exact) mass is 449 g/mol. The van der Waals surface area contributed by atoms with E-state index in [1.165, 1.54) is 6.92 Å². The van der Waals surface area contributed by atoms with Crippen LogP contribution in [0.4, 0.5) is 13.2 Å². The number of ether oxygens (including phenoxy) is 1. The van der Waals surface area contributed by atoms with E-state index in [9.17, 15) is 36.0 Å². The van der Waals surface area contributed by atoms with E-state index in [-0.39, 0.29) is 33.1 Å². The number of nitrogens with zero attached hydrogens (tertiary/aromatic N) is 2. The minimum Gasteiger partial charge on any atom is -0.374 e. The van der Waals surface area contributed by atoms with Crippen molar-refractivity contribution in [2.45, 2.75) is 38.5 Å². The molecule has 2 heterocycles. The Morgan fingerprint density at radius 1 is 1.33 bits per heavy atom. The summed E-state index contributed by atoms with van der Waals surface area (Å²) in [6.07, 6.45) is -4.57. The van der Waals surface area contributed by atoms with Crippen molar-refractivity contribution in [3.8, 4) is 0 Å². The Labute approximate surface area is 168 Å². The normalized spacial score (nSPS) is 17.4. The number of fused-ring (bicyclic) bond motifs is 1. The molecule has 1 atom stereocenters. The largest absolute Gasteiger partial charge is 0.416 e. The SMILES string of the molecule is CCC(=O)N(n1c(=O)[nH]c2cc(C(F)(F)F)c(C3CCCO3)cc2c1=O)S(C)(=O)=O. The third kappa shape index (κ3) is 3.86. The number of hydrogen-bond donors (Lipinski definition) is 1. The number of benzene rings is 1. The smallest absolute Gasteiger partial charge is 0.374 e. The van der Waals surface area contributed by atoms with Crippen LogP contribution in [0.5, 0.6) is 0 Å². The summed E-state index contributed by atoms with van der Waals surface area (Å²) >= 11 is 0. The molecule has 0 spiro atoms. The maximum Gasteiger partial charge on any atom is 0.416 e. The van der Waals surface area contributed by atoms with Gasteiger partial charge in [0.25, 0.3) is 21.5 Å². The zero-order valence-corrected chi connectivity index (χ0v) is 16.8. The molecule has 1 aliphatic rings. The minimum atomic E-state index is -4.78. The fourth-order valence-electron chi connectivity index (χ4n) is 3.35. The molecule has 1 N–H and O–H groups in total. The number of hydrogen-bond acceptors (Lipinski definition) is 6. The van der Waals surface area contributed by atoms with Gasteiger partial charge >= 0.3 is 11.9 Å². The first-order valence-electron chi connectivity index (χ1n) is 8.91. The van der Waals surface area contributed by atoms with Crippen LogP contribution in [0.15, 0.2) is 21.7 Å². The summed E-state index contributed by atoms with van der Waals surface area (Å²) < 4.78 is 70.3.